The normalized spacial score (nSPS) is 14.0. The van der Waals surface area contributed by atoms with Gasteiger partial charge in [0.25, 0.3) is 0 Å². The molecule has 2 heterocycles. The maximum absolute atomic E-state index is 4.54. The van der Waals surface area contributed by atoms with Gasteiger partial charge in [-0.05, 0) is 39.2 Å². The molecule has 0 unspecified atom stereocenters. The standard InChI is InChI=1S/C20H26N4/c1-13-6-8-18(9-7-13)14(2)11-21-16(4)19-12-22-20-10-15(3)23-24(20)17(19)5/h6-10,12,14,16,21H,11H2,1-5H3/t14-,16+/m0/s1. The van der Waals surface area contributed by atoms with Crippen molar-refractivity contribution >= 4 is 5.65 Å². The van der Waals surface area contributed by atoms with Gasteiger partial charge in [-0.25, -0.2) is 9.50 Å². The molecule has 0 radical (unpaired) electrons. The van der Waals surface area contributed by atoms with E-state index in [1.54, 1.807) is 0 Å². The lowest BCUT2D eigenvalue weighted by Crippen LogP contribution is -2.25. The van der Waals surface area contributed by atoms with Crippen LogP contribution in [0.5, 0.6) is 0 Å². The highest BCUT2D eigenvalue weighted by Gasteiger charge is 2.14. The number of hydrogen-bond donors (Lipinski definition) is 1. The van der Waals surface area contributed by atoms with Crippen molar-refractivity contribution in [3.8, 4) is 0 Å². The van der Waals surface area contributed by atoms with E-state index in [1.165, 1.54) is 16.7 Å². The van der Waals surface area contributed by atoms with Gasteiger partial charge in [-0.15, -0.1) is 0 Å². The monoisotopic (exact) mass is 322 g/mol. The van der Waals surface area contributed by atoms with Crippen LogP contribution in [0.2, 0.25) is 0 Å². The predicted octanol–water partition coefficient (Wildman–Crippen LogP) is 4.11. The minimum absolute atomic E-state index is 0.235. The average Bonchev–Trinajstić information content (AvgIpc) is 2.95. The summed E-state index contributed by atoms with van der Waals surface area (Å²) in [6.45, 7) is 11.6. The van der Waals surface area contributed by atoms with E-state index in [1.807, 2.05) is 23.7 Å². The molecule has 0 saturated heterocycles. The van der Waals surface area contributed by atoms with Crippen LogP contribution in [0.25, 0.3) is 5.65 Å². The van der Waals surface area contributed by atoms with Crippen LogP contribution < -0.4 is 5.32 Å². The summed E-state index contributed by atoms with van der Waals surface area (Å²) < 4.78 is 1.94. The number of fused-ring (bicyclic) bond motifs is 1. The lowest BCUT2D eigenvalue weighted by atomic mass is 9.99. The minimum atomic E-state index is 0.235. The highest BCUT2D eigenvalue weighted by Crippen LogP contribution is 2.20. The van der Waals surface area contributed by atoms with Crippen LogP contribution >= 0.6 is 0 Å². The molecule has 2 atom stereocenters. The van der Waals surface area contributed by atoms with Crippen LogP contribution in [0.4, 0.5) is 0 Å². The second-order valence-electron chi connectivity index (χ2n) is 6.80. The molecular formula is C20H26N4. The van der Waals surface area contributed by atoms with Crippen molar-refractivity contribution in [2.45, 2.75) is 46.6 Å². The first-order chi connectivity index (χ1) is 11.5. The van der Waals surface area contributed by atoms with Gasteiger partial charge in [-0.1, -0.05) is 36.8 Å². The van der Waals surface area contributed by atoms with E-state index in [0.29, 0.717) is 5.92 Å². The van der Waals surface area contributed by atoms with Gasteiger partial charge >= 0.3 is 0 Å². The molecule has 0 aliphatic heterocycles. The Labute approximate surface area is 143 Å². The zero-order chi connectivity index (χ0) is 17.3. The molecule has 2 aromatic heterocycles. The predicted molar refractivity (Wildman–Crippen MR) is 98.5 cm³/mol. The minimum Gasteiger partial charge on any atom is -0.309 e. The van der Waals surface area contributed by atoms with Crippen molar-refractivity contribution in [1.82, 2.24) is 19.9 Å². The molecule has 0 aliphatic rings. The van der Waals surface area contributed by atoms with Crippen LogP contribution in [0, 0.1) is 20.8 Å². The third-order valence-electron chi connectivity index (χ3n) is 4.73. The molecule has 0 saturated carbocycles. The Bertz CT molecular complexity index is 833. The van der Waals surface area contributed by atoms with Gasteiger partial charge < -0.3 is 5.32 Å². The number of aryl methyl sites for hydroxylation is 3. The third kappa shape index (κ3) is 3.34. The molecule has 4 nitrogen and oxygen atoms in total. The van der Waals surface area contributed by atoms with Crippen molar-refractivity contribution in [1.29, 1.82) is 0 Å². The van der Waals surface area contributed by atoms with Gasteiger partial charge in [-0.2, -0.15) is 5.10 Å². The lowest BCUT2D eigenvalue weighted by molar-refractivity contribution is 0.531. The lowest BCUT2D eigenvalue weighted by Gasteiger charge is -2.20. The Balaban J connectivity index is 1.71. The molecule has 4 heteroatoms. The fraction of sp³-hybridized carbons (Fsp3) is 0.400. The van der Waals surface area contributed by atoms with Crippen molar-refractivity contribution in [3.05, 3.63) is 64.6 Å². The largest absolute Gasteiger partial charge is 0.309 e. The quantitative estimate of drug-likeness (QED) is 0.768. The smallest absolute Gasteiger partial charge is 0.155 e. The van der Waals surface area contributed by atoms with E-state index in [0.717, 1.165) is 23.6 Å². The fourth-order valence-corrected chi connectivity index (χ4v) is 3.08. The summed E-state index contributed by atoms with van der Waals surface area (Å²) in [5.41, 5.74) is 6.92. The van der Waals surface area contributed by atoms with Crippen molar-refractivity contribution in [2.75, 3.05) is 6.54 Å². The molecule has 0 spiro atoms. The van der Waals surface area contributed by atoms with Crippen LogP contribution in [-0.4, -0.2) is 21.1 Å². The second-order valence-corrected chi connectivity index (χ2v) is 6.80. The molecule has 126 valence electrons. The topological polar surface area (TPSA) is 42.2 Å². The maximum Gasteiger partial charge on any atom is 0.155 e. The van der Waals surface area contributed by atoms with E-state index in [-0.39, 0.29) is 6.04 Å². The Morgan fingerprint density at radius 1 is 1.08 bits per heavy atom. The van der Waals surface area contributed by atoms with Crippen LogP contribution in [0.1, 0.15) is 53.9 Å². The highest BCUT2D eigenvalue weighted by atomic mass is 15.3. The Hall–Kier alpha value is -2.20. The van der Waals surface area contributed by atoms with E-state index in [4.69, 9.17) is 0 Å². The molecular weight excluding hydrogens is 296 g/mol. The number of nitrogens with zero attached hydrogens (tertiary/aromatic N) is 3. The number of nitrogens with one attached hydrogen (secondary N) is 1. The molecule has 1 N–H and O–H groups in total. The molecule has 3 aromatic rings. The second kappa shape index (κ2) is 6.73. The Kier molecular flexibility index (Phi) is 4.67. The Morgan fingerprint density at radius 3 is 2.50 bits per heavy atom. The number of rotatable bonds is 5. The number of hydrogen-bond acceptors (Lipinski definition) is 3. The van der Waals surface area contributed by atoms with Gasteiger partial charge in [-0.3, -0.25) is 0 Å². The number of aromatic nitrogens is 3. The third-order valence-corrected chi connectivity index (χ3v) is 4.73. The van der Waals surface area contributed by atoms with Crippen molar-refractivity contribution in [2.24, 2.45) is 0 Å². The first-order valence-corrected chi connectivity index (χ1v) is 8.57. The summed E-state index contributed by atoms with van der Waals surface area (Å²) in [4.78, 5) is 4.54. The molecule has 3 rings (SSSR count). The Morgan fingerprint density at radius 2 is 1.79 bits per heavy atom. The summed E-state index contributed by atoms with van der Waals surface area (Å²) in [5, 5.41) is 8.18. The van der Waals surface area contributed by atoms with Gasteiger partial charge in [0.2, 0.25) is 0 Å². The fourth-order valence-electron chi connectivity index (χ4n) is 3.08. The molecule has 1 aromatic carbocycles. The first-order valence-electron chi connectivity index (χ1n) is 8.57. The summed E-state index contributed by atoms with van der Waals surface area (Å²) in [7, 11) is 0. The molecule has 0 aliphatic carbocycles. The van der Waals surface area contributed by atoms with E-state index < -0.39 is 0 Å². The number of benzene rings is 1. The van der Waals surface area contributed by atoms with Gasteiger partial charge in [0.1, 0.15) is 0 Å². The van der Waals surface area contributed by atoms with Gasteiger partial charge in [0.15, 0.2) is 5.65 Å². The van der Waals surface area contributed by atoms with Crippen molar-refractivity contribution < 1.29 is 0 Å². The SMILES string of the molecule is Cc1ccc([C@@H](C)CN[C@H](C)c2cnc3cc(C)nn3c2C)cc1. The highest BCUT2D eigenvalue weighted by molar-refractivity contribution is 5.42. The molecule has 24 heavy (non-hydrogen) atoms. The maximum atomic E-state index is 4.54. The van der Waals surface area contributed by atoms with Crippen molar-refractivity contribution in [3.63, 3.8) is 0 Å². The van der Waals surface area contributed by atoms with E-state index >= 15 is 0 Å². The summed E-state index contributed by atoms with van der Waals surface area (Å²) in [6, 6.07) is 11.0. The van der Waals surface area contributed by atoms with E-state index in [2.05, 4.69) is 67.4 Å². The van der Waals surface area contributed by atoms with Gasteiger partial charge in [0.05, 0.1) is 5.69 Å². The summed E-state index contributed by atoms with van der Waals surface area (Å²) >= 11 is 0. The molecule has 0 amide bonds. The zero-order valence-electron chi connectivity index (χ0n) is 15.2. The molecule has 0 fully saturated rings. The summed E-state index contributed by atoms with van der Waals surface area (Å²) in [6.07, 6.45) is 1.97. The van der Waals surface area contributed by atoms with Gasteiger partial charge in [0, 0.05) is 36.1 Å². The van der Waals surface area contributed by atoms with Crippen LogP contribution in [0.3, 0.4) is 0 Å². The van der Waals surface area contributed by atoms with Crippen LogP contribution in [-0.2, 0) is 0 Å². The summed E-state index contributed by atoms with van der Waals surface area (Å²) in [5.74, 6) is 0.469. The first kappa shape index (κ1) is 16.7. The van der Waals surface area contributed by atoms with E-state index in [9.17, 15) is 0 Å². The molecule has 0 bridgehead atoms. The van der Waals surface area contributed by atoms with Crippen LogP contribution in [0.15, 0.2) is 36.5 Å². The average molecular weight is 322 g/mol. The zero-order valence-corrected chi connectivity index (χ0v) is 15.2.